The molecule has 1 N–H and O–H groups in total. The Hall–Kier alpha value is -1.13. The molecule has 0 aliphatic carbocycles. The third-order valence-electron chi connectivity index (χ3n) is 3.10. The number of ether oxygens (including phenoxy) is 2. The highest BCUT2D eigenvalue weighted by atomic mass is 19.1. The van der Waals surface area contributed by atoms with Crippen LogP contribution < -0.4 is 10.1 Å². The van der Waals surface area contributed by atoms with Gasteiger partial charge in [-0.15, -0.1) is 0 Å². The van der Waals surface area contributed by atoms with Gasteiger partial charge in [-0.2, -0.15) is 0 Å². The third-order valence-corrected chi connectivity index (χ3v) is 3.10. The first kappa shape index (κ1) is 14.3. The van der Waals surface area contributed by atoms with E-state index < -0.39 is 0 Å². The van der Waals surface area contributed by atoms with Crippen molar-refractivity contribution in [2.24, 2.45) is 0 Å². The van der Waals surface area contributed by atoms with Crippen LogP contribution >= 0.6 is 0 Å². The molecule has 0 bridgehead atoms. The number of halogens is 1. The molecule has 0 spiro atoms. The van der Waals surface area contributed by atoms with Crippen molar-refractivity contribution < 1.29 is 13.9 Å². The minimum atomic E-state index is -0.334. The molecule has 1 aromatic rings. The Morgan fingerprint density at radius 3 is 2.68 bits per heavy atom. The van der Waals surface area contributed by atoms with Gasteiger partial charge in [0, 0.05) is 12.1 Å². The van der Waals surface area contributed by atoms with Gasteiger partial charge in [-0.1, -0.05) is 6.07 Å². The summed E-state index contributed by atoms with van der Waals surface area (Å²) in [5, 5.41) is 3.39. The maximum atomic E-state index is 13.9. The van der Waals surface area contributed by atoms with Crippen molar-refractivity contribution in [3.8, 4) is 5.75 Å². The van der Waals surface area contributed by atoms with Crippen molar-refractivity contribution in [2.45, 2.75) is 45.4 Å². The molecule has 0 saturated carbocycles. The molecule has 4 heteroatoms. The van der Waals surface area contributed by atoms with Crippen LogP contribution in [0, 0.1) is 5.82 Å². The van der Waals surface area contributed by atoms with Gasteiger partial charge in [0.05, 0.1) is 18.8 Å². The predicted molar refractivity (Wildman–Crippen MR) is 72.9 cm³/mol. The van der Waals surface area contributed by atoms with Gasteiger partial charge in [0.2, 0.25) is 0 Å². The Labute approximate surface area is 114 Å². The van der Waals surface area contributed by atoms with E-state index in [0.717, 1.165) is 5.56 Å². The lowest BCUT2D eigenvalue weighted by Gasteiger charge is -2.36. The molecule has 0 aromatic heterocycles. The number of hydrogen-bond acceptors (Lipinski definition) is 3. The third kappa shape index (κ3) is 3.67. The lowest BCUT2D eigenvalue weighted by molar-refractivity contribution is -0.0230. The standard InChI is InChI=1S/C15H22FNO2/c1-10(2)19-13-6-5-11(7-12(13)16)14-8-17-15(3,4)9-18-14/h5-7,10,14,17H,8-9H2,1-4H3. The van der Waals surface area contributed by atoms with Gasteiger partial charge >= 0.3 is 0 Å². The summed E-state index contributed by atoms with van der Waals surface area (Å²) in [5.41, 5.74) is 0.826. The fourth-order valence-electron chi connectivity index (χ4n) is 2.07. The van der Waals surface area contributed by atoms with Gasteiger partial charge in [-0.3, -0.25) is 0 Å². The van der Waals surface area contributed by atoms with Crippen molar-refractivity contribution >= 4 is 0 Å². The van der Waals surface area contributed by atoms with Gasteiger partial charge in [-0.05, 0) is 45.4 Å². The molecule has 0 radical (unpaired) electrons. The van der Waals surface area contributed by atoms with E-state index in [1.165, 1.54) is 6.07 Å². The maximum absolute atomic E-state index is 13.9. The first-order valence-electron chi connectivity index (χ1n) is 6.70. The molecule has 3 nitrogen and oxygen atoms in total. The SMILES string of the molecule is CC(C)Oc1ccc(C2CNC(C)(C)CO2)cc1F. The first-order valence-corrected chi connectivity index (χ1v) is 6.70. The van der Waals surface area contributed by atoms with E-state index in [-0.39, 0.29) is 23.6 Å². The van der Waals surface area contributed by atoms with Crippen molar-refractivity contribution in [1.82, 2.24) is 5.32 Å². The number of benzene rings is 1. The Balaban J connectivity index is 2.08. The van der Waals surface area contributed by atoms with Crippen LogP contribution in [0.1, 0.15) is 39.4 Å². The molecule has 1 aliphatic rings. The fraction of sp³-hybridized carbons (Fsp3) is 0.600. The molecule has 1 saturated heterocycles. The molecule has 1 unspecified atom stereocenters. The molecular formula is C15H22FNO2. The number of hydrogen-bond donors (Lipinski definition) is 1. The summed E-state index contributed by atoms with van der Waals surface area (Å²) in [6.07, 6.45) is -0.135. The summed E-state index contributed by atoms with van der Waals surface area (Å²) in [5.74, 6) is -0.0394. The summed E-state index contributed by atoms with van der Waals surface area (Å²) in [6.45, 7) is 9.24. The molecule has 1 aromatic carbocycles. The monoisotopic (exact) mass is 267 g/mol. The lowest BCUT2D eigenvalue weighted by atomic mass is 10.0. The predicted octanol–water partition coefficient (Wildman–Crippen LogP) is 3.05. The van der Waals surface area contributed by atoms with E-state index in [9.17, 15) is 4.39 Å². The van der Waals surface area contributed by atoms with Crippen LogP contribution in [-0.4, -0.2) is 24.8 Å². The van der Waals surface area contributed by atoms with Crippen LogP contribution in [0.5, 0.6) is 5.75 Å². The van der Waals surface area contributed by atoms with Crippen LogP contribution in [0.3, 0.4) is 0 Å². The van der Waals surface area contributed by atoms with Crippen molar-refractivity contribution in [3.05, 3.63) is 29.6 Å². The van der Waals surface area contributed by atoms with Gasteiger partial charge in [0.25, 0.3) is 0 Å². The minimum Gasteiger partial charge on any atom is -0.488 e. The molecule has 1 fully saturated rings. The Bertz CT molecular complexity index is 436. The lowest BCUT2D eigenvalue weighted by Crippen LogP contribution is -2.50. The molecule has 1 atom stereocenters. The van der Waals surface area contributed by atoms with E-state index in [0.29, 0.717) is 18.9 Å². The molecule has 19 heavy (non-hydrogen) atoms. The van der Waals surface area contributed by atoms with E-state index in [1.807, 2.05) is 19.9 Å². The van der Waals surface area contributed by atoms with Crippen LogP contribution in [0.4, 0.5) is 4.39 Å². The zero-order chi connectivity index (χ0) is 14.0. The minimum absolute atomic E-state index is 0.0181. The topological polar surface area (TPSA) is 30.5 Å². The quantitative estimate of drug-likeness (QED) is 0.913. The molecule has 2 rings (SSSR count). The molecule has 1 heterocycles. The van der Waals surface area contributed by atoms with Gasteiger partial charge < -0.3 is 14.8 Å². The zero-order valence-corrected chi connectivity index (χ0v) is 12.0. The van der Waals surface area contributed by atoms with Crippen molar-refractivity contribution in [3.63, 3.8) is 0 Å². The Morgan fingerprint density at radius 1 is 1.42 bits per heavy atom. The van der Waals surface area contributed by atoms with E-state index in [4.69, 9.17) is 9.47 Å². The van der Waals surface area contributed by atoms with Gasteiger partial charge in [0.15, 0.2) is 11.6 Å². The second-order valence-corrected chi connectivity index (χ2v) is 5.92. The first-order chi connectivity index (χ1) is 8.87. The van der Waals surface area contributed by atoms with E-state index >= 15 is 0 Å². The summed E-state index contributed by atoms with van der Waals surface area (Å²) in [6, 6.07) is 5.04. The fourth-order valence-corrected chi connectivity index (χ4v) is 2.07. The highest BCUT2D eigenvalue weighted by molar-refractivity contribution is 5.31. The average molecular weight is 267 g/mol. The highest BCUT2D eigenvalue weighted by Gasteiger charge is 2.28. The molecule has 1 aliphatic heterocycles. The highest BCUT2D eigenvalue weighted by Crippen LogP contribution is 2.27. The summed E-state index contributed by atoms with van der Waals surface area (Å²) in [4.78, 5) is 0. The summed E-state index contributed by atoms with van der Waals surface area (Å²) >= 11 is 0. The van der Waals surface area contributed by atoms with Crippen LogP contribution in [0.2, 0.25) is 0 Å². The molecule has 106 valence electrons. The zero-order valence-electron chi connectivity index (χ0n) is 12.0. The number of rotatable bonds is 3. The normalized spacial score (nSPS) is 22.5. The number of morpholine rings is 1. The average Bonchev–Trinajstić information content (AvgIpc) is 2.31. The Morgan fingerprint density at radius 2 is 2.16 bits per heavy atom. The van der Waals surface area contributed by atoms with E-state index in [2.05, 4.69) is 19.2 Å². The molecule has 0 amide bonds. The smallest absolute Gasteiger partial charge is 0.165 e. The second-order valence-electron chi connectivity index (χ2n) is 5.92. The van der Waals surface area contributed by atoms with Crippen molar-refractivity contribution in [1.29, 1.82) is 0 Å². The summed E-state index contributed by atoms with van der Waals surface area (Å²) < 4.78 is 25.1. The summed E-state index contributed by atoms with van der Waals surface area (Å²) in [7, 11) is 0. The van der Waals surface area contributed by atoms with Crippen LogP contribution in [0.15, 0.2) is 18.2 Å². The van der Waals surface area contributed by atoms with E-state index in [1.54, 1.807) is 6.07 Å². The number of nitrogens with one attached hydrogen (secondary N) is 1. The van der Waals surface area contributed by atoms with Crippen LogP contribution in [0.25, 0.3) is 0 Å². The van der Waals surface area contributed by atoms with Gasteiger partial charge in [0.1, 0.15) is 0 Å². The largest absolute Gasteiger partial charge is 0.488 e. The van der Waals surface area contributed by atoms with Crippen LogP contribution in [-0.2, 0) is 4.74 Å². The Kier molecular flexibility index (Phi) is 4.11. The van der Waals surface area contributed by atoms with Gasteiger partial charge in [-0.25, -0.2) is 4.39 Å². The maximum Gasteiger partial charge on any atom is 0.165 e. The second kappa shape index (κ2) is 5.47. The van der Waals surface area contributed by atoms with Crippen molar-refractivity contribution in [2.75, 3.05) is 13.2 Å². The molecular weight excluding hydrogens is 245 g/mol.